The van der Waals surface area contributed by atoms with Crippen molar-refractivity contribution in [3.63, 3.8) is 0 Å². The molecule has 0 saturated heterocycles. The van der Waals surface area contributed by atoms with Gasteiger partial charge in [-0.2, -0.15) is 18.3 Å². The molecule has 0 amide bonds. The summed E-state index contributed by atoms with van der Waals surface area (Å²) in [5.74, 6) is 1.69. The molecule has 0 radical (unpaired) electrons. The summed E-state index contributed by atoms with van der Waals surface area (Å²) in [6.45, 7) is 0.684. The number of para-hydroxylation sites is 1. The summed E-state index contributed by atoms with van der Waals surface area (Å²) in [6, 6.07) is 8.69. The van der Waals surface area contributed by atoms with E-state index in [1.54, 1.807) is 20.3 Å². The average Bonchev–Trinajstić information content (AvgIpc) is 2.92. The maximum absolute atomic E-state index is 13.4. The van der Waals surface area contributed by atoms with Gasteiger partial charge in [0, 0.05) is 17.7 Å². The highest BCUT2D eigenvalue weighted by Gasteiger charge is 2.32. The van der Waals surface area contributed by atoms with Crippen LogP contribution in [0.1, 0.15) is 24.0 Å². The first-order valence-electron chi connectivity index (χ1n) is 9.79. The third-order valence-corrected chi connectivity index (χ3v) is 5.61. The summed E-state index contributed by atoms with van der Waals surface area (Å²) in [5, 5.41) is 8.21. The van der Waals surface area contributed by atoms with Crippen LogP contribution in [0.3, 0.4) is 0 Å². The number of nitrogens with one attached hydrogen (secondary N) is 1. The predicted octanol–water partition coefficient (Wildman–Crippen LogP) is 5.98. The Labute approximate surface area is 182 Å². The van der Waals surface area contributed by atoms with Gasteiger partial charge >= 0.3 is 6.18 Å². The molecule has 0 spiro atoms. The van der Waals surface area contributed by atoms with Crippen LogP contribution in [0.2, 0.25) is 5.02 Å². The molecule has 1 N–H and O–H groups in total. The van der Waals surface area contributed by atoms with Crippen LogP contribution in [0.15, 0.2) is 36.4 Å². The van der Waals surface area contributed by atoms with Crippen molar-refractivity contribution in [2.24, 2.45) is 0 Å². The lowest BCUT2D eigenvalue weighted by atomic mass is 10.0. The van der Waals surface area contributed by atoms with Crippen LogP contribution in [0.5, 0.6) is 11.5 Å². The minimum absolute atomic E-state index is 0.162. The Morgan fingerprint density at radius 1 is 1.10 bits per heavy atom. The van der Waals surface area contributed by atoms with E-state index in [9.17, 15) is 13.2 Å². The Balaban J connectivity index is 1.97. The van der Waals surface area contributed by atoms with E-state index in [2.05, 4.69) is 5.32 Å². The standard InChI is InChI=1S/C22H21ClF3N3O2/c1-30-18-8-5-7-14(20(18)31-2)19-15-6-3-4-11-27-21(15)29(28-19)17-12-13(22(24,25)26)9-10-16(17)23/h5,7-10,12,27H,3-4,6,11H2,1-2H3. The Hall–Kier alpha value is -2.87. The second-order valence-corrected chi connectivity index (χ2v) is 7.58. The fourth-order valence-corrected chi connectivity index (χ4v) is 4.02. The fraction of sp³-hybridized carbons (Fsp3) is 0.318. The highest BCUT2D eigenvalue weighted by molar-refractivity contribution is 6.32. The van der Waals surface area contributed by atoms with E-state index in [0.717, 1.165) is 30.5 Å². The Morgan fingerprint density at radius 2 is 1.90 bits per heavy atom. The van der Waals surface area contributed by atoms with Crippen molar-refractivity contribution in [1.29, 1.82) is 0 Å². The molecule has 0 bridgehead atoms. The zero-order valence-corrected chi connectivity index (χ0v) is 17.8. The first-order valence-corrected chi connectivity index (χ1v) is 10.2. The Kier molecular flexibility index (Phi) is 5.75. The van der Waals surface area contributed by atoms with Gasteiger partial charge < -0.3 is 14.8 Å². The van der Waals surface area contributed by atoms with Crippen LogP contribution in [0.4, 0.5) is 19.0 Å². The zero-order chi connectivity index (χ0) is 22.2. The molecule has 1 aliphatic rings. The van der Waals surface area contributed by atoms with Crippen molar-refractivity contribution in [3.05, 3.63) is 52.5 Å². The molecule has 9 heteroatoms. The molecular formula is C22H21ClF3N3O2. The number of hydrogen-bond acceptors (Lipinski definition) is 4. The number of rotatable bonds is 4. The number of anilines is 1. The first kappa shape index (κ1) is 21.4. The number of alkyl halides is 3. The van der Waals surface area contributed by atoms with Crippen molar-refractivity contribution < 1.29 is 22.6 Å². The molecule has 4 rings (SSSR count). The molecule has 164 valence electrons. The van der Waals surface area contributed by atoms with Gasteiger partial charge in [-0.1, -0.05) is 17.7 Å². The summed E-state index contributed by atoms with van der Waals surface area (Å²) in [6.07, 6.45) is -1.93. The van der Waals surface area contributed by atoms with Crippen molar-refractivity contribution >= 4 is 17.4 Å². The monoisotopic (exact) mass is 451 g/mol. The second kappa shape index (κ2) is 8.34. The molecule has 31 heavy (non-hydrogen) atoms. The summed E-state index contributed by atoms with van der Waals surface area (Å²) in [5.41, 5.74) is 1.59. The normalized spacial score (nSPS) is 13.9. The molecular weight excluding hydrogens is 431 g/mol. The molecule has 0 atom stereocenters. The molecule has 5 nitrogen and oxygen atoms in total. The third-order valence-electron chi connectivity index (χ3n) is 5.29. The molecule has 0 saturated carbocycles. The average molecular weight is 452 g/mol. The second-order valence-electron chi connectivity index (χ2n) is 7.18. The molecule has 0 fully saturated rings. The summed E-state index contributed by atoms with van der Waals surface area (Å²) in [7, 11) is 3.09. The lowest BCUT2D eigenvalue weighted by Gasteiger charge is -2.13. The van der Waals surface area contributed by atoms with Crippen LogP contribution < -0.4 is 14.8 Å². The van der Waals surface area contributed by atoms with Gasteiger partial charge in [-0.05, 0) is 49.6 Å². The Morgan fingerprint density at radius 3 is 2.61 bits per heavy atom. The minimum Gasteiger partial charge on any atom is -0.493 e. The lowest BCUT2D eigenvalue weighted by molar-refractivity contribution is -0.137. The quantitative estimate of drug-likeness (QED) is 0.530. The van der Waals surface area contributed by atoms with Gasteiger partial charge in [-0.25, -0.2) is 4.68 Å². The maximum atomic E-state index is 13.4. The van der Waals surface area contributed by atoms with E-state index in [4.69, 9.17) is 26.2 Å². The minimum atomic E-state index is -4.49. The number of nitrogens with zero attached hydrogens (tertiary/aromatic N) is 2. The number of halogens is 4. The zero-order valence-electron chi connectivity index (χ0n) is 17.0. The topological polar surface area (TPSA) is 48.3 Å². The molecule has 1 aliphatic heterocycles. The smallest absolute Gasteiger partial charge is 0.416 e. The van der Waals surface area contributed by atoms with Crippen LogP contribution in [-0.4, -0.2) is 30.5 Å². The van der Waals surface area contributed by atoms with Gasteiger partial charge in [0.2, 0.25) is 0 Å². The summed E-state index contributed by atoms with van der Waals surface area (Å²) >= 11 is 6.32. The van der Waals surface area contributed by atoms with Crippen LogP contribution in [-0.2, 0) is 12.6 Å². The first-order chi connectivity index (χ1) is 14.8. The van der Waals surface area contributed by atoms with Gasteiger partial charge in [0.25, 0.3) is 0 Å². The molecule has 0 aliphatic carbocycles. The van der Waals surface area contributed by atoms with E-state index in [0.29, 0.717) is 41.5 Å². The lowest BCUT2D eigenvalue weighted by Crippen LogP contribution is -2.10. The number of hydrogen-bond donors (Lipinski definition) is 1. The van der Waals surface area contributed by atoms with Crippen molar-refractivity contribution in [3.8, 4) is 28.4 Å². The van der Waals surface area contributed by atoms with Crippen molar-refractivity contribution in [1.82, 2.24) is 9.78 Å². The number of aromatic nitrogens is 2. The number of ether oxygens (including phenoxy) is 2. The molecule has 0 unspecified atom stereocenters. The predicted molar refractivity (Wildman–Crippen MR) is 114 cm³/mol. The van der Waals surface area contributed by atoms with E-state index >= 15 is 0 Å². The van der Waals surface area contributed by atoms with Gasteiger partial charge in [0.05, 0.1) is 30.5 Å². The van der Waals surface area contributed by atoms with Crippen molar-refractivity contribution in [2.75, 3.05) is 26.1 Å². The summed E-state index contributed by atoms with van der Waals surface area (Å²) in [4.78, 5) is 0. The van der Waals surface area contributed by atoms with E-state index in [1.807, 2.05) is 12.1 Å². The SMILES string of the molecule is COc1cccc(-c2nn(-c3cc(C(F)(F)F)ccc3Cl)c3c2CCCCN3)c1OC. The number of methoxy groups -OCH3 is 2. The Bertz CT molecular complexity index is 1110. The number of fused-ring (bicyclic) bond motifs is 1. The molecule has 3 aromatic rings. The van der Waals surface area contributed by atoms with Crippen LogP contribution in [0.25, 0.3) is 16.9 Å². The largest absolute Gasteiger partial charge is 0.493 e. The van der Waals surface area contributed by atoms with Crippen LogP contribution in [0, 0.1) is 0 Å². The fourth-order valence-electron chi connectivity index (χ4n) is 3.82. The molecule has 2 aromatic carbocycles. The van der Waals surface area contributed by atoms with E-state index in [1.165, 1.54) is 10.7 Å². The summed E-state index contributed by atoms with van der Waals surface area (Å²) < 4.78 is 52.5. The third kappa shape index (κ3) is 3.92. The molecule has 2 heterocycles. The van der Waals surface area contributed by atoms with Gasteiger partial charge in [0.1, 0.15) is 11.5 Å². The van der Waals surface area contributed by atoms with E-state index in [-0.39, 0.29) is 10.7 Å². The van der Waals surface area contributed by atoms with Gasteiger partial charge in [-0.15, -0.1) is 0 Å². The molecule has 1 aromatic heterocycles. The van der Waals surface area contributed by atoms with Crippen LogP contribution >= 0.6 is 11.6 Å². The highest BCUT2D eigenvalue weighted by atomic mass is 35.5. The highest BCUT2D eigenvalue weighted by Crippen LogP contribution is 2.43. The van der Waals surface area contributed by atoms with Gasteiger partial charge in [-0.3, -0.25) is 0 Å². The van der Waals surface area contributed by atoms with Crippen molar-refractivity contribution in [2.45, 2.75) is 25.4 Å². The maximum Gasteiger partial charge on any atom is 0.416 e. The van der Waals surface area contributed by atoms with E-state index < -0.39 is 11.7 Å². The van der Waals surface area contributed by atoms with Gasteiger partial charge in [0.15, 0.2) is 11.5 Å². The number of benzene rings is 2.